The summed E-state index contributed by atoms with van der Waals surface area (Å²) in [5.74, 6) is -0.456. The van der Waals surface area contributed by atoms with Crippen LogP contribution < -0.4 is 0 Å². The molecule has 1 aromatic carbocycles. The number of rotatable bonds is 3. The first kappa shape index (κ1) is 12.4. The summed E-state index contributed by atoms with van der Waals surface area (Å²) >= 11 is 0. The first-order valence-corrected chi connectivity index (χ1v) is 5.26. The SMILES string of the molecule is CCC=C(C)N(C)C(=O)c1ccc(F)cc1. The van der Waals surface area contributed by atoms with Crippen LogP contribution in [0.2, 0.25) is 0 Å². The molecule has 0 atom stereocenters. The maximum Gasteiger partial charge on any atom is 0.257 e. The molecule has 86 valence electrons. The van der Waals surface area contributed by atoms with E-state index < -0.39 is 0 Å². The van der Waals surface area contributed by atoms with Gasteiger partial charge < -0.3 is 4.90 Å². The standard InChI is InChI=1S/C13H16FNO/c1-4-5-10(2)15(3)13(16)11-6-8-12(14)9-7-11/h5-9H,4H2,1-3H3. The van der Waals surface area contributed by atoms with Crippen molar-refractivity contribution in [2.45, 2.75) is 20.3 Å². The molecule has 2 nitrogen and oxygen atoms in total. The number of benzene rings is 1. The Hall–Kier alpha value is -1.64. The predicted molar refractivity (Wildman–Crippen MR) is 62.5 cm³/mol. The van der Waals surface area contributed by atoms with E-state index in [1.807, 2.05) is 19.9 Å². The minimum absolute atomic E-state index is 0.123. The van der Waals surface area contributed by atoms with E-state index in [0.717, 1.165) is 12.1 Å². The minimum Gasteiger partial charge on any atom is -0.316 e. The Morgan fingerprint density at radius 3 is 2.44 bits per heavy atom. The summed E-state index contributed by atoms with van der Waals surface area (Å²) in [5.41, 5.74) is 1.39. The molecule has 0 spiro atoms. The molecule has 0 aliphatic rings. The molecule has 3 heteroatoms. The summed E-state index contributed by atoms with van der Waals surface area (Å²) in [6.07, 6.45) is 2.86. The van der Waals surface area contributed by atoms with Crippen molar-refractivity contribution >= 4 is 5.91 Å². The van der Waals surface area contributed by atoms with Crippen molar-refractivity contribution in [3.63, 3.8) is 0 Å². The van der Waals surface area contributed by atoms with Gasteiger partial charge in [0, 0.05) is 18.3 Å². The number of hydrogen-bond acceptors (Lipinski definition) is 1. The number of halogens is 1. The van der Waals surface area contributed by atoms with Crippen molar-refractivity contribution in [2.75, 3.05) is 7.05 Å². The molecule has 0 aromatic heterocycles. The van der Waals surface area contributed by atoms with E-state index in [2.05, 4.69) is 0 Å². The fourth-order valence-electron chi connectivity index (χ4n) is 1.38. The van der Waals surface area contributed by atoms with Gasteiger partial charge in [-0.1, -0.05) is 13.0 Å². The van der Waals surface area contributed by atoms with Gasteiger partial charge in [0.05, 0.1) is 0 Å². The Balaban J connectivity index is 2.86. The van der Waals surface area contributed by atoms with Gasteiger partial charge in [0.2, 0.25) is 0 Å². The van der Waals surface area contributed by atoms with Crippen LogP contribution in [-0.4, -0.2) is 17.9 Å². The second kappa shape index (κ2) is 5.45. The number of amides is 1. The summed E-state index contributed by atoms with van der Waals surface area (Å²) in [5, 5.41) is 0. The number of nitrogens with zero attached hydrogens (tertiary/aromatic N) is 1. The molecule has 0 heterocycles. The predicted octanol–water partition coefficient (Wildman–Crippen LogP) is 3.21. The van der Waals surface area contributed by atoms with Crippen molar-refractivity contribution < 1.29 is 9.18 Å². The van der Waals surface area contributed by atoms with Gasteiger partial charge in [0.1, 0.15) is 5.82 Å². The third kappa shape index (κ3) is 2.92. The second-order valence-corrected chi connectivity index (χ2v) is 3.62. The van der Waals surface area contributed by atoms with E-state index in [9.17, 15) is 9.18 Å². The van der Waals surface area contributed by atoms with Gasteiger partial charge in [-0.15, -0.1) is 0 Å². The first-order chi connectivity index (χ1) is 7.56. The molecule has 16 heavy (non-hydrogen) atoms. The molecule has 0 aliphatic heterocycles. The molecule has 1 aromatic rings. The summed E-state index contributed by atoms with van der Waals surface area (Å²) < 4.78 is 12.7. The van der Waals surface area contributed by atoms with Crippen molar-refractivity contribution in [1.82, 2.24) is 4.90 Å². The average Bonchev–Trinajstić information content (AvgIpc) is 2.28. The monoisotopic (exact) mass is 221 g/mol. The highest BCUT2D eigenvalue weighted by molar-refractivity contribution is 5.95. The zero-order valence-electron chi connectivity index (χ0n) is 9.83. The van der Waals surface area contributed by atoms with Crippen molar-refractivity contribution in [1.29, 1.82) is 0 Å². The Morgan fingerprint density at radius 2 is 1.94 bits per heavy atom. The Bertz CT molecular complexity index is 395. The van der Waals surface area contributed by atoms with Crippen LogP contribution in [-0.2, 0) is 0 Å². The van der Waals surface area contributed by atoms with E-state index in [1.54, 1.807) is 11.9 Å². The second-order valence-electron chi connectivity index (χ2n) is 3.62. The van der Waals surface area contributed by atoms with Crippen LogP contribution in [0.4, 0.5) is 4.39 Å². The van der Waals surface area contributed by atoms with Gasteiger partial charge in [-0.05, 0) is 37.6 Å². The molecule has 0 bridgehead atoms. The third-order valence-electron chi connectivity index (χ3n) is 2.42. The van der Waals surface area contributed by atoms with Crippen LogP contribution in [0.5, 0.6) is 0 Å². The molecule has 0 unspecified atom stereocenters. The van der Waals surface area contributed by atoms with Crippen LogP contribution in [0.3, 0.4) is 0 Å². The topological polar surface area (TPSA) is 20.3 Å². The van der Waals surface area contributed by atoms with Gasteiger partial charge in [-0.2, -0.15) is 0 Å². The number of allylic oxidation sites excluding steroid dienone is 2. The smallest absolute Gasteiger partial charge is 0.257 e. The molecular weight excluding hydrogens is 205 g/mol. The summed E-state index contributed by atoms with van der Waals surface area (Å²) in [4.78, 5) is 13.5. The number of carbonyl (C=O) groups excluding carboxylic acids is 1. The van der Waals surface area contributed by atoms with Crippen molar-refractivity contribution in [2.24, 2.45) is 0 Å². The average molecular weight is 221 g/mol. The molecular formula is C13H16FNO. The number of carbonyl (C=O) groups is 1. The lowest BCUT2D eigenvalue weighted by molar-refractivity contribution is 0.0836. The maximum atomic E-state index is 12.7. The normalized spacial score (nSPS) is 11.4. The molecule has 0 aliphatic carbocycles. The fourth-order valence-corrected chi connectivity index (χ4v) is 1.38. The summed E-state index contributed by atoms with van der Waals surface area (Å²) in [6.45, 7) is 3.89. The van der Waals surface area contributed by atoms with Gasteiger partial charge >= 0.3 is 0 Å². The molecule has 0 saturated heterocycles. The number of hydrogen-bond donors (Lipinski definition) is 0. The van der Waals surface area contributed by atoms with Gasteiger partial charge in [0.15, 0.2) is 0 Å². The maximum absolute atomic E-state index is 12.7. The summed E-state index contributed by atoms with van der Waals surface area (Å²) in [6, 6.07) is 5.57. The highest BCUT2D eigenvalue weighted by Gasteiger charge is 2.12. The van der Waals surface area contributed by atoms with Gasteiger partial charge in [0.25, 0.3) is 5.91 Å². The lowest BCUT2D eigenvalue weighted by Gasteiger charge is -2.17. The van der Waals surface area contributed by atoms with Gasteiger partial charge in [-0.25, -0.2) is 4.39 Å². The van der Waals surface area contributed by atoms with Crippen LogP contribution in [0.25, 0.3) is 0 Å². The van der Waals surface area contributed by atoms with Crippen molar-refractivity contribution in [3.8, 4) is 0 Å². The minimum atomic E-state index is -0.333. The van der Waals surface area contributed by atoms with E-state index in [4.69, 9.17) is 0 Å². The lowest BCUT2D eigenvalue weighted by atomic mass is 10.2. The van der Waals surface area contributed by atoms with Crippen LogP contribution in [0.15, 0.2) is 36.0 Å². The third-order valence-corrected chi connectivity index (χ3v) is 2.42. The van der Waals surface area contributed by atoms with E-state index in [0.29, 0.717) is 5.56 Å². The molecule has 1 rings (SSSR count). The molecule has 1 amide bonds. The quantitative estimate of drug-likeness (QED) is 0.767. The van der Waals surface area contributed by atoms with Crippen molar-refractivity contribution in [3.05, 3.63) is 47.4 Å². The highest BCUT2D eigenvalue weighted by atomic mass is 19.1. The van der Waals surface area contributed by atoms with Crippen LogP contribution >= 0.6 is 0 Å². The zero-order chi connectivity index (χ0) is 12.1. The Kier molecular flexibility index (Phi) is 4.23. The van der Waals surface area contributed by atoms with E-state index in [1.165, 1.54) is 24.3 Å². The molecule has 0 fully saturated rings. The Labute approximate surface area is 95.4 Å². The molecule has 0 radical (unpaired) electrons. The van der Waals surface area contributed by atoms with Crippen LogP contribution in [0.1, 0.15) is 30.6 Å². The van der Waals surface area contributed by atoms with Crippen LogP contribution in [0, 0.1) is 5.82 Å². The van der Waals surface area contributed by atoms with E-state index >= 15 is 0 Å². The zero-order valence-corrected chi connectivity index (χ0v) is 9.83. The molecule has 0 N–H and O–H groups in total. The molecule has 0 saturated carbocycles. The first-order valence-electron chi connectivity index (χ1n) is 5.26. The Morgan fingerprint density at radius 1 is 1.38 bits per heavy atom. The fraction of sp³-hybridized carbons (Fsp3) is 0.308. The summed E-state index contributed by atoms with van der Waals surface area (Å²) in [7, 11) is 1.72. The largest absolute Gasteiger partial charge is 0.316 e. The lowest BCUT2D eigenvalue weighted by Crippen LogP contribution is -2.24. The highest BCUT2D eigenvalue weighted by Crippen LogP contribution is 2.10. The van der Waals surface area contributed by atoms with E-state index in [-0.39, 0.29) is 11.7 Å². The van der Waals surface area contributed by atoms with Gasteiger partial charge in [-0.3, -0.25) is 4.79 Å².